The molecule has 0 N–H and O–H groups in total. The molecule has 2 heterocycles. The number of nitrogens with zero attached hydrogens (tertiary/aromatic N) is 3. The lowest BCUT2D eigenvalue weighted by atomic mass is 10.1. The van der Waals surface area contributed by atoms with Crippen LogP contribution in [0.5, 0.6) is 0 Å². The summed E-state index contributed by atoms with van der Waals surface area (Å²) in [4.78, 5) is 16.2. The summed E-state index contributed by atoms with van der Waals surface area (Å²) in [7, 11) is 1.34. The number of methoxy groups -OCH3 is 1. The largest absolute Gasteiger partial charge is 0.465 e. The van der Waals surface area contributed by atoms with Crippen LogP contribution in [0, 0.1) is 0 Å². The topological polar surface area (TPSA) is 56.5 Å². The Balaban J connectivity index is 2.26. The second-order valence-corrected chi connectivity index (χ2v) is 4.70. The van der Waals surface area contributed by atoms with Crippen LogP contribution >= 0.6 is 11.6 Å². The Morgan fingerprint density at radius 2 is 2.05 bits per heavy atom. The summed E-state index contributed by atoms with van der Waals surface area (Å²) in [6, 6.07) is 11.5. The zero-order valence-electron chi connectivity index (χ0n) is 11.3. The van der Waals surface area contributed by atoms with Gasteiger partial charge >= 0.3 is 5.97 Å². The number of carbonyl (C=O) groups excluding carboxylic acids is 1. The van der Waals surface area contributed by atoms with Gasteiger partial charge < -0.3 is 4.74 Å². The number of ether oxygens (including phenoxy) is 1. The molecular weight excluding hydrogens is 290 g/mol. The third-order valence-corrected chi connectivity index (χ3v) is 3.35. The number of rotatable bonds is 3. The van der Waals surface area contributed by atoms with Crippen LogP contribution in [-0.2, 0) is 10.6 Å². The number of aromatic nitrogens is 3. The van der Waals surface area contributed by atoms with Crippen molar-refractivity contribution in [1.29, 1.82) is 0 Å². The van der Waals surface area contributed by atoms with Gasteiger partial charge in [0.15, 0.2) is 11.5 Å². The van der Waals surface area contributed by atoms with Crippen LogP contribution in [-0.4, -0.2) is 27.7 Å². The molecule has 1 aromatic carbocycles. The molecule has 5 nitrogen and oxygen atoms in total. The van der Waals surface area contributed by atoms with E-state index in [1.807, 2.05) is 36.5 Å². The number of halogens is 1. The van der Waals surface area contributed by atoms with Gasteiger partial charge in [-0.1, -0.05) is 30.3 Å². The summed E-state index contributed by atoms with van der Waals surface area (Å²) in [6.07, 6.45) is 1.82. The molecule has 0 radical (unpaired) electrons. The maximum Gasteiger partial charge on any atom is 0.341 e. The van der Waals surface area contributed by atoms with Crippen LogP contribution in [0.1, 0.15) is 16.2 Å². The van der Waals surface area contributed by atoms with Crippen molar-refractivity contribution in [2.24, 2.45) is 0 Å². The molecule has 0 bridgehead atoms. The molecule has 0 saturated carbocycles. The van der Waals surface area contributed by atoms with Crippen molar-refractivity contribution in [2.75, 3.05) is 7.11 Å². The van der Waals surface area contributed by atoms with E-state index in [9.17, 15) is 4.79 Å². The van der Waals surface area contributed by atoms with Gasteiger partial charge in [-0.25, -0.2) is 14.3 Å². The van der Waals surface area contributed by atoms with E-state index in [-0.39, 0.29) is 5.88 Å². The van der Waals surface area contributed by atoms with Gasteiger partial charge in [0.2, 0.25) is 0 Å². The van der Waals surface area contributed by atoms with Crippen molar-refractivity contribution < 1.29 is 9.53 Å². The molecule has 0 atom stereocenters. The van der Waals surface area contributed by atoms with Gasteiger partial charge in [0.1, 0.15) is 5.56 Å². The van der Waals surface area contributed by atoms with Crippen molar-refractivity contribution in [2.45, 2.75) is 5.88 Å². The summed E-state index contributed by atoms with van der Waals surface area (Å²) in [5.74, 6) is 0.196. The van der Waals surface area contributed by atoms with Gasteiger partial charge in [0, 0.05) is 11.8 Å². The summed E-state index contributed by atoms with van der Waals surface area (Å²) in [6.45, 7) is 0. The van der Waals surface area contributed by atoms with Crippen LogP contribution < -0.4 is 0 Å². The lowest BCUT2D eigenvalue weighted by molar-refractivity contribution is 0.0602. The Bertz CT molecular complexity index is 799. The first-order valence-corrected chi connectivity index (χ1v) is 6.85. The zero-order chi connectivity index (χ0) is 14.8. The Hall–Kier alpha value is -2.40. The Morgan fingerprint density at radius 3 is 2.71 bits per heavy atom. The monoisotopic (exact) mass is 301 g/mol. The molecular formula is C15H12ClN3O2. The molecule has 0 fully saturated rings. The highest BCUT2D eigenvalue weighted by molar-refractivity contribution is 6.16. The van der Waals surface area contributed by atoms with Crippen molar-refractivity contribution in [1.82, 2.24) is 14.6 Å². The van der Waals surface area contributed by atoms with E-state index in [4.69, 9.17) is 16.3 Å². The van der Waals surface area contributed by atoms with Gasteiger partial charge in [0.25, 0.3) is 0 Å². The smallest absolute Gasteiger partial charge is 0.341 e. The standard InChI is InChI=1S/C15H12ClN3O2/c1-21-15(20)12-7-11(10-5-3-2-4-6-10)9-19-14(12)17-13(8-16)18-19/h2-7,9H,8H2,1H3. The number of esters is 1. The number of pyridine rings is 1. The highest BCUT2D eigenvalue weighted by Gasteiger charge is 2.16. The maximum atomic E-state index is 12.0. The number of alkyl halides is 1. The van der Waals surface area contributed by atoms with E-state index in [0.29, 0.717) is 17.0 Å². The fourth-order valence-electron chi connectivity index (χ4n) is 2.14. The van der Waals surface area contributed by atoms with E-state index in [0.717, 1.165) is 11.1 Å². The van der Waals surface area contributed by atoms with Crippen LogP contribution in [0.25, 0.3) is 16.8 Å². The molecule has 0 aliphatic heterocycles. The lowest BCUT2D eigenvalue weighted by Crippen LogP contribution is -2.05. The van der Waals surface area contributed by atoms with Gasteiger partial charge in [-0.2, -0.15) is 0 Å². The fraction of sp³-hybridized carbons (Fsp3) is 0.133. The fourth-order valence-corrected chi connectivity index (χ4v) is 2.25. The third-order valence-electron chi connectivity index (χ3n) is 3.11. The molecule has 106 valence electrons. The number of benzene rings is 1. The average Bonchev–Trinajstić information content (AvgIpc) is 2.97. The third kappa shape index (κ3) is 2.48. The first kappa shape index (κ1) is 13.6. The molecule has 0 amide bonds. The number of hydrogen-bond donors (Lipinski definition) is 0. The molecule has 0 unspecified atom stereocenters. The minimum atomic E-state index is -0.452. The van der Waals surface area contributed by atoms with Crippen molar-refractivity contribution >= 4 is 23.2 Å². The van der Waals surface area contributed by atoms with Crippen molar-refractivity contribution in [3.63, 3.8) is 0 Å². The molecule has 3 aromatic rings. The minimum Gasteiger partial charge on any atom is -0.465 e. The predicted molar refractivity (Wildman–Crippen MR) is 79.3 cm³/mol. The summed E-state index contributed by atoms with van der Waals surface area (Å²) < 4.78 is 6.39. The van der Waals surface area contributed by atoms with E-state index in [1.165, 1.54) is 7.11 Å². The highest BCUT2D eigenvalue weighted by Crippen LogP contribution is 2.23. The molecule has 6 heteroatoms. The summed E-state index contributed by atoms with van der Waals surface area (Å²) in [5, 5.41) is 4.26. The quantitative estimate of drug-likeness (QED) is 0.551. The molecule has 3 rings (SSSR count). The van der Waals surface area contributed by atoms with Crippen LogP contribution in [0.2, 0.25) is 0 Å². The van der Waals surface area contributed by atoms with Crippen molar-refractivity contribution in [3.8, 4) is 11.1 Å². The molecule has 21 heavy (non-hydrogen) atoms. The SMILES string of the molecule is COC(=O)c1cc(-c2ccccc2)cn2nc(CCl)nc12. The Kier molecular flexibility index (Phi) is 3.58. The van der Waals surface area contributed by atoms with Gasteiger partial charge in [0.05, 0.1) is 13.0 Å². The number of carbonyl (C=O) groups is 1. The van der Waals surface area contributed by atoms with Gasteiger partial charge in [-0.05, 0) is 11.6 Å². The maximum absolute atomic E-state index is 12.0. The Morgan fingerprint density at radius 1 is 1.29 bits per heavy atom. The second-order valence-electron chi connectivity index (χ2n) is 4.43. The molecule has 0 aliphatic rings. The molecule has 0 saturated heterocycles. The first-order chi connectivity index (χ1) is 10.2. The normalized spacial score (nSPS) is 10.8. The van der Waals surface area contributed by atoms with Crippen LogP contribution in [0.4, 0.5) is 0 Å². The number of fused-ring (bicyclic) bond motifs is 1. The number of hydrogen-bond acceptors (Lipinski definition) is 4. The van der Waals surface area contributed by atoms with E-state index in [1.54, 1.807) is 10.6 Å². The van der Waals surface area contributed by atoms with E-state index < -0.39 is 5.97 Å². The van der Waals surface area contributed by atoms with E-state index in [2.05, 4.69) is 10.1 Å². The van der Waals surface area contributed by atoms with Crippen LogP contribution in [0.3, 0.4) is 0 Å². The first-order valence-electron chi connectivity index (χ1n) is 6.32. The highest BCUT2D eigenvalue weighted by atomic mass is 35.5. The van der Waals surface area contributed by atoms with E-state index >= 15 is 0 Å². The second kappa shape index (κ2) is 5.54. The molecule has 2 aromatic heterocycles. The minimum absolute atomic E-state index is 0.183. The molecule has 0 spiro atoms. The van der Waals surface area contributed by atoms with Gasteiger partial charge in [-0.3, -0.25) is 0 Å². The van der Waals surface area contributed by atoms with Crippen molar-refractivity contribution in [3.05, 3.63) is 54.0 Å². The average molecular weight is 302 g/mol. The lowest BCUT2D eigenvalue weighted by Gasteiger charge is -2.06. The zero-order valence-corrected chi connectivity index (χ0v) is 12.0. The van der Waals surface area contributed by atoms with Crippen LogP contribution in [0.15, 0.2) is 42.6 Å². The Labute approximate surface area is 126 Å². The van der Waals surface area contributed by atoms with Gasteiger partial charge in [-0.15, -0.1) is 16.7 Å². The predicted octanol–water partition coefficient (Wildman–Crippen LogP) is 2.92. The molecule has 0 aliphatic carbocycles. The summed E-state index contributed by atoms with van der Waals surface area (Å²) in [5.41, 5.74) is 2.64. The summed E-state index contributed by atoms with van der Waals surface area (Å²) >= 11 is 5.77.